The number of sulfone groups is 1. The molecule has 2 aliphatic heterocycles. The van der Waals surface area contributed by atoms with Crippen LogP contribution in [0.3, 0.4) is 0 Å². The van der Waals surface area contributed by atoms with Crippen LogP contribution in [-0.4, -0.2) is 66.2 Å². The van der Waals surface area contributed by atoms with E-state index in [-0.39, 0.29) is 47.7 Å². The van der Waals surface area contributed by atoms with E-state index in [0.717, 1.165) is 18.5 Å². The van der Waals surface area contributed by atoms with Crippen LogP contribution in [0.25, 0.3) is 0 Å². The number of hydrogen-bond acceptors (Lipinski definition) is 5. The Hall–Kier alpha value is -1.12. The van der Waals surface area contributed by atoms with Crippen LogP contribution >= 0.6 is 12.4 Å². The summed E-state index contributed by atoms with van der Waals surface area (Å²) in [6, 6.07) is -0.169. The van der Waals surface area contributed by atoms with E-state index in [2.05, 4.69) is 10.4 Å². The molecule has 0 saturated carbocycles. The first-order valence-corrected chi connectivity index (χ1v) is 10.4. The Balaban J connectivity index is 0.00000225. The van der Waals surface area contributed by atoms with Gasteiger partial charge in [-0.25, -0.2) is 8.42 Å². The van der Waals surface area contributed by atoms with E-state index in [1.165, 1.54) is 0 Å². The number of hydrogen-bond donors (Lipinski definition) is 1. The van der Waals surface area contributed by atoms with Gasteiger partial charge in [0.25, 0.3) is 0 Å². The zero-order chi connectivity index (χ0) is 17.3. The Morgan fingerprint density at radius 1 is 1.44 bits per heavy atom. The molecular weight excluding hydrogens is 364 g/mol. The van der Waals surface area contributed by atoms with Crippen molar-refractivity contribution >= 4 is 28.2 Å². The highest BCUT2D eigenvalue weighted by molar-refractivity contribution is 7.91. The second-order valence-electron chi connectivity index (χ2n) is 6.91. The molecule has 3 heterocycles. The molecule has 3 atom stereocenters. The van der Waals surface area contributed by atoms with Crippen molar-refractivity contribution in [2.45, 2.75) is 31.7 Å². The van der Waals surface area contributed by atoms with Gasteiger partial charge in [-0.05, 0) is 18.4 Å². The molecule has 7 nitrogen and oxygen atoms in total. The topological polar surface area (TPSA) is 84.3 Å². The van der Waals surface area contributed by atoms with Crippen LogP contribution in [0, 0.1) is 5.92 Å². The lowest BCUT2D eigenvalue weighted by atomic mass is 9.89. The molecule has 1 N–H and O–H groups in total. The third-order valence-corrected chi connectivity index (χ3v) is 6.83. The summed E-state index contributed by atoms with van der Waals surface area (Å²) in [7, 11) is -1.13. The summed E-state index contributed by atoms with van der Waals surface area (Å²) in [5.41, 5.74) is 1.07. The fraction of sp³-hybridized carbons (Fsp3) is 0.750. The van der Waals surface area contributed by atoms with Crippen LogP contribution in [0.1, 0.15) is 31.2 Å². The van der Waals surface area contributed by atoms with Gasteiger partial charge in [0, 0.05) is 44.8 Å². The molecule has 0 radical (unpaired) electrons. The summed E-state index contributed by atoms with van der Waals surface area (Å²) in [5, 5.41) is 7.53. The lowest BCUT2D eigenvalue weighted by molar-refractivity contribution is -0.137. The first-order chi connectivity index (χ1) is 11.4. The van der Waals surface area contributed by atoms with Crippen molar-refractivity contribution in [3.05, 3.63) is 18.0 Å². The lowest BCUT2D eigenvalue weighted by Crippen LogP contribution is -2.46. The average molecular weight is 391 g/mol. The number of nitrogens with one attached hydrogen (secondary N) is 1. The standard InChI is InChI=1S/C16H26N4O3S.ClH/c1-3-5-20(13-4-6-24(22,23)11-13)16(21)15-9-17-8-14(15)12-7-18-19(2)10-12;/h7,10,13-15,17H,3-6,8-9,11H2,1-2H3;1H/t13?,14-,15+;/m1./s1. The van der Waals surface area contributed by atoms with E-state index in [1.807, 2.05) is 31.3 Å². The van der Waals surface area contributed by atoms with Crippen molar-refractivity contribution in [3.8, 4) is 0 Å². The van der Waals surface area contributed by atoms with Crippen LogP contribution in [0.4, 0.5) is 0 Å². The molecule has 1 unspecified atom stereocenters. The highest BCUT2D eigenvalue weighted by atomic mass is 35.5. The second-order valence-corrected chi connectivity index (χ2v) is 9.14. The largest absolute Gasteiger partial charge is 0.338 e. The maximum Gasteiger partial charge on any atom is 0.227 e. The van der Waals surface area contributed by atoms with E-state index in [1.54, 1.807) is 4.68 Å². The van der Waals surface area contributed by atoms with E-state index >= 15 is 0 Å². The highest BCUT2D eigenvalue weighted by Gasteiger charge is 2.41. The quantitative estimate of drug-likeness (QED) is 0.794. The zero-order valence-corrected chi connectivity index (χ0v) is 16.4. The monoisotopic (exact) mass is 390 g/mol. The molecule has 2 saturated heterocycles. The van der Waals surface area contributed by atoms with Crippen LogP contribution in [0.5, 0.6) is 0 Å². The predicted molar refractivity (Wildman–Crippen MR) is 98.6 cm³/mol. The molecule has 3 rings (SSSR count). The van der Waals surface area contributed by atoms with Gasteiger partial charge >= 0.3 is 0 Å². The maximum absolute atomic E-state index is 13.2. The Bertz CT molecular complexity index is 706. The lowest BCUT2D eigenvalue weighted by Gasteiger charge is -2.32. The van der Waals surface area contributed by atoms with Crippen molar-refractivity contribution in [1.29, 1.82) is 0 Å². The minimum atomic E-state index is -3.00. The summed E-state index contributed by atoms with van der Waals surface area (Å²) in [5.74, 6) is 0.335. The summed E-state index contributed by atoms with van der Waals surface area (Å²) in [6.07, 6.45) is 5.18. The molecule has 25 heavy (non-hydrogen) atoms. The molecule has 2 fully saturated rings. The number of carbonyl (C=O) groups is 1. The van der Waals surface area contributed by atoms with Gasteiger partial charge in [-0.3, -0.25) is 9.48 Å². The van der Waals surface area contributed by atoms with Crippen LogP contribution in [-0.2, 0) is 21.7 Å². The van der Waals surface area contributed by atoms with E-state index in [9.17, 15) is 13.2 Å². The normalized spacial score (nSPS) is 27.8. The Morgan fingerprint density at radius 3 is 2.76 bits per heavy atom. The molecule has 0 aliphatic carbocycles. The molecule has 1 aromatic heterocycles. The Kier molecular flexibility index (Phi) is 6.51. The molecule has 142 valence electrons. The molecule has 0 bridgehead atoms. The highest BCUT2D eigenvalue weighted by Crippen LogP contribution is 2.31. The first kappa shape index (κ1) is 20.2. The molecule has 1 aromatic rings. The van der Waals surface area contributed by atoms with Gasteiger partial charge in [-0.2, -0.15) is 5.10 Å². The average Bonchev–Trinajstić information content (AvgIpc) is 3.23. The smallest absolute Gasteiger partial charge is 0.227 e. The van der Waals surface area contributed by atoms with Gasteiger partial charge in [0.05, 0.1) is 23.6 Å². The summed E-state index contributed by atoms with van der Waals surface area (Å²) in [4.78, 5) is 15.0. The fourth-order valence-corrected chi connectivity index (χ4v) is 5.60. The number of halogens is 1. The van der Waals surface area contributed by atoms with E-state index in [0.29, 0.717) is 19.5 Å². The van der Waals surface area contributed by atoms with Crippen molar-refractivity contribution in [2.75, 3.05) is 31.1 Å². The first-order valence-electron chi connectivity index (χ1n) is 8.61. The second kappa shape index (κ2) is 8.05. The van der Waals surface area contributed by atoms with Crippen LogP contribution < -0.4 is 5.32 Å². The van der Waals surface area contributed by atoms with Crippen molar-refractivity contribution in [3.63, 3.8) is 0 Å². The Labute approximate surface area is 155 Å². The number of carbonyl (C=O) groups excluding carboxylic acids is 1. The van der Waals surface area contributed by atoms with Crippen LogP contribution in [0.2, 0.25) is 0 Å². The molecule has 0 spiro atoms. The predicted octanol–water partition coefficient (Wildman–Crippen LogP) is 0.571. The van der Waals surface area contributed by atoms with Gasteiger partial charge in [0.1, 0.15) is 0 Å². The van der Waals surface area contributed by atoms with Crippen molar-refractivity contribution < 1.29 is 13.2 Å². The minimum absolute atomic E-state index is 0. The van der Waals surface area contributed by atoms with Crippen LogP contribution in [0.15, 0.2) is 12.4 Å². The number of aromatic nitrogens is 2. The van der Waals surface area contributed by atoms with Gasteiger partial charge in [0.15, 0.2) is 9.84 Å². The number of amides is 1. The molecule has 9 heteroatoms. The zero-order valence-electron chi connectivity index (χ0n) is 14.7. The van der Waals surface area contributed by atoms with Gasteiger partial charge in [-0.1, -0.05) is 6.92 Å². The third kappa shape index (κ3) is 4.35. The van der Waals surface area contributed by atoms with Crippen molar-refractivity contribution in [1.82, 2.24) is 20.0 Å². The molecular formula is C16H27ClN4O3S. The Morgan fingerprint density at radius 2 is 2.20 bits per heavy atom. The molecule has 0 aromatic carbocycles. The number of aryl methyl sites for hydroxylation is 1. The SMILES string of the molecule is CCCN(C(=O)[C@H]1CNC[C@@H]1c1cnn(C)c1)C1CCS(=O)(=O)C1.Cl. The van der Waals surface area contributed by atoms with Gasteiger partial charge in [0.2, 0.25) is 5.91 Å². The van der Waals surface area contributed by atoms with Crippen molar-refractivity contribution in [2.24, 2.45) is 13.0 Å². The summed E-state index contributed by atoms with van der Waals surface area (Å²) < 4.78 is 25.4. The number of nitrogens with zero attached hydrogens (tertiary/aromatic N) is 3. The maximum atomic E-state index is 13.2. The van der Waals surface area contributed by atoms with E-state index < -0.39 is 9.84 Å². The van der Waals surface area contributed by atoms with Gasteiger partial charge in [-0.15, -0.1) is 12.4 Å². The third-order valence-electron chi connectivity index (χ3n) is 5.08. The summed E-state index contributed by atoms with van der Waals surface area (Å²) >= 11 is 0. The minimum Gasteiger partial charge on any atom is -0.338 e. The molecule has 2 aliphatic rings. The summed E-state index contributed by atoms with van der Waals surface area (Å²) in [6.45, 7) is 4.04. The van der Waals surface area contributed by atoms with Gasteiger partial charge < -0.3 is 10.2 Å². The number of rotatable bonds is 5. The van der Waals surface area contributed by atoms with E-state index in [4.69, 9.17) is 0 Å². The fourth-order valence-electron chi connectivity index (χ4n) is 3.87. The molecule has 1 amide bonds.